The molecule has 0 aliphatic rings. The summed E-state index contributed by atoms with van der Waals surface area (Å²) in [5.41, 5.74) is 3.84. The standard InChI is InChI=1S/C32H40ClN3O4S/c1-6-8-18-34-32(38)30(7-2)35(21-26-11-9-10-24(4)19-26)31(37)22-36(27-15-14-25(5)29(33)20-27)41(39,40)28-16-12-23(3)13-17-28/h9-17,19-20,30H,6-8,18,21-22H2,1-5H3,(H,34,38)/t30-/m1/s1. The molecule has 0 fully saturated rings. The molecule has 0 heterocycles. The number of sulfonamides is 1. The first-order valence-electron chi connectivity index (χ1n) is 14.0. The number of rotatable bonds is 13. The summed E-state index contributed by atoms with van der Waals surface area (Å²) in [5, 5.41) is 3.33. The highest BCUT2D eigenvalue weighted by Crippen LogP contribution is 2.29. The highest BCUT2D eigenvalue weighted by Gasteiger charge is 2.33. The summed E-state index contributed by atoms with van der Waals surface area (Å²) >= 11 is 6.40. The Morgan fingerprint density at radius 1 is 0.927 bits per heavy atom. The maximum atomic E-state index is 14.1. The SMILES string of the molecule is CCCCNC(=O)[C@@H](CC)N(Cc1cccc(C)c1)C(=O)CN(c1ccc(C)c(Cl)c1)S(=O)(=O)c1ccc(C)cc1. The lowest BCUT2D eigenvalue weighted by atomic mass is 10.1. The number of amides is 2. The van der Waals surface area contributed by atoms with Gasteiger partial charge in [0.1, 0.15) is 12.6 Å². The van der Waals surface area contributed by atoms with Crippen LogP contribution in [0.5, 0.6) is 0 Å². The molecule has 41 heavy (non-hydrogen) atoms. The van der Waals surface area contributed by atoms with Gasteiger partial charge in [0.05, 0.1) is 10.6 Å². The fraction of sp³-hybridized carbons (Fsp3) is 0.375. The average Bonchev–Trinajstić information content (AvgIpc) is 2.93. The van der Waals surface area contributed by atoms with Crippen molar-refractivity contribution < 1.29 is 18.0 Å². The predicted octanol–water partition coefficient (Wildman–Crippen LogP) is 6.18. The molecule has 0 bridgehead atoms. The number of anilines is 1. The lowest BCUT2D eigenvalue weighted by Crippen LogP contribution is -2.52. The molecule has 0 aromatic heterocycles. The highest BCUT2D eigenvalue weighted by atomic mass is 35.5. The van der Waals surface area contributed by atoms with Crippen molar-refractivity contribution in [2.75, 3.05) is 17.4 Å². The lowest BCUT2D eigenvalue weighted by molar-refractivity contribution is -0.140. The minimum atomic E-state index is -4.15. The van der Waals surface area contributed by atoms with Gasteiger partial charge in [0.25, 0.3) is 10.0 Å². The maximum absolute atomic E-state index is 14.1. The van der Waals surface area contributed by atoms with E-state index in [1.165, 1.54) is 17.0 Å². The first-order valence-corrected chi connectivity index (χ1v) is 15.8. The van der Waals surface area contributed by atoms with Gasteiger partial charge < -0.3 is 10.2 Å². The molecule has 2 amide bonds. The van der Waals surface area contributed by atoms with E-state index >= 15 is 0 Å². The molecule has 0 aliphatic carbocycles. The number of nitrogens with zero attached hydrogens (tertiary/aromatic N) is 2. The molecule has 0 aliphatic heterocycles. The van der Waals surface area contributed by atoms with Gasteiger partial charge in [0.15, 0.2) is 0 Å². The zero-order chi connectivity index (χ0) is 30.2. The van der Waals surface area contributed by atoms with E-state index in [1.54, 1.807) is 30.3 Å². The number of benzene rings is 3. The molecule has 0 spiro atoms. The second kappa shape index (κ2) is 14.5. The van der Waals surface area contributed by atoms with Crippen LogP contribution in [0.3, 0.4) is 0 Å². The largest absolute Gasteiger partial charge is 0.354 e. The van der Waals surface area contributed by atoms with E-state index in [2.05, 4.69) is 5.32 Å². The van der Waals surface area contributed by atoms with Crippen molar-refractivity contribution in [3.8, 4) is 0 Å². The van der Waals surface area contributed by atoms with E-state index in [9.17, 15) is 18.0 Å². The third-order valence-corrected chi connectivity index (χ3v) is 9.18. The van der Waals surface area contributed by atoms with E-state index in [1.807, 2.05) is 58.9 Å². The van der Waals surface area contributed by atoms with E-state index in [0.717, 1.165) is 39.4 Å². The summed E-state index contributed by atoms with van der Waals surface area (Å²) in [5.74, 6) is -0.746. The number of unbranched alkanes of at least 4 members (excludes halogenated alkanes) is 1. The molecule has 0 saturated carbocycles. The number of aryl methyl sites for hydroxylation is 3. The molecule has 1 N–H and O–H groups in total. The molecule has 220 valence electrons. The van der Waals surface area contributed by atoms with Crippen molar-refractivity contribution in [1.82, 2.24) is 10.2 Å². The van der Waals surface area contributed by atoms with Gasteiger partial charge in [-0.3, -0.25) is 13.9 Å². The minimum absolute atomic E-state index is 0.0576. The molecule has 1 atom stereocenters. The fourth-order valence-electron chi connectivity index (χ4n) is 4.54. The van der Waals surface area contributed by atoms with Crippen molar-refractivity contribution in [2.24, 2.45) is 0 Å². The number of halogens is 1. The van der Waals surface area contributed by atoms with Crippen LogP contribution in [-0.4, -0.2) is 44.3 Å². The first kappa shape index (κ1) is 32.2. The molecule has 3 aromatic rings. The second-order valence-electron chi connectivity index (χ2n) is 10.3. The van der Waals surface area contributed by atoms with Crippen LogP contribution in [0.4, 0.5) is 5.69 Å². The Labute approximate surface area is 249 Å². The average molecular weight is 598 g/mol. The Morgan fingerprint density at radius 3 is 2.24 bits per heavy atom. The van der Waals surface area contributed by atoms with Crippen LogP contribution < -0.4 is 9.62 Å². The topological polar surface area (TPSA) is 86.8 Å². The van der Waals surface area contributed by atoms with Gasteiger partial charge in [-0.1, -0.05) is 85.5 Å². The highest BCUT2D eigenvalue weighted by molar-refractivity contribution is 7.92. The summed E-state index contributed by atoms with van der Waals surface area (Å²) in [7, 11) is -4.15. The Balaban J connectivity index is 2.06. The Bertz CT molecular complexity index is 1460. The number of hydrogen-bond donors (Lipinski definition) is 1. The quantitative estimate of drug-likeness (QED) is 0.238. The molecular formula is C32H40ClN3O4S. The molecular weight excluding hydrogens is 558 g/mol. The van der Waals surface area contributed by atoms with Crippen molar-refractivity contribution in [3.05, 3.63) is 94.0 Å². The van der Waals surface area contributed by atoms with Crippen molar-refractivity contribution in [1.29, 1.82) is 0 Å². The van der Waals surface area contributed by atoms with Crippen LogP contribution >= 0.6 is 11.6 Å². The summed E-state index contributed by atoms with van der Waals surface area (Å²) in [6, 6.07) is 18.3. The van der Waals surface area contributed by atoms with Crippen molar-refractivity contribution in [3.63, 3.8) is 0 Å². The van der Waals surface area contributed by atoms with Gasteiger partial charge in [-0.2, -0.15) is 0 Å². The summed E-state index contributed by atoms with van der Waals surface area (Å²) < 4.78 is 29.0. The number of hydrogen-bond acceptors (Lipinski definition) is 4. The number of carbonyl (C=O) groups is 2. The third-order valence-electron chi connectivity index (χ3n) is 6.98. The van der Waals surface area contributed by atoms with Crippen molar-refractivity contribution >= 4 is 39.1 Å². The predicted molar refractivity (Wildman–Crippen MR) is 166 cm³/mol. The van der Waals surface area contributed by atoms with Gasteiger partial charge in [-0.05, 0) is 69.0 Å². The Kier molecular flexibility index (Phi) is 11.4. The van der Waals surface area contributed by atoms with E-state index < -0.39 is 28.5 Å². The zero-order valence-electron chi connectivity index (χ0n) is 24.5. The summed E-state index contributed by atoms with van der Waals surface area (Å²) in [6.45, 7) is 9.71. The van der Waals surface area contributed by atoms with E-state index in [-0.39, 0.29) is 23.0 Å². The third kappa shape index (κ3) is 8.33. The van der Waals surface area contributed by atoms with Gasteiger partial charge in [-0.25, -0.2) is 8.42 Å². The van der Waals surface area contributed by atoms with Crippen LogP contribution in [0.1, 0.15) is 55.4 Å². The molecule has 3 rings (SSSR count). The molecule has 0 saturated heterocycles. The summed E-state index contributed by atoms with van der Waals surface area (Å²) in [4.78, 5) is 29.0. The van der Waals surface area contributed by atoms with Gasteiger partial charge in [0, 0.05) is 18.1 Å². The van der Waals surface area contributed by atoms with Crippen LogP contribution in [0.15, 0.2) is 71.6 Å². The lowest BCUT2D eigenvalue weighted by Gasteiger charge is -2.33. The van der Waals surface area contributed by atoms with E-state index in [0.29, 0.717) is 18.0 Å². The molecule has 7 nitrogen and oxygen atoms in total. The first-order chi connectivity index (χ1) is 19.5. The van der Waals surface area contributed by atoms with Crippen LogP contribution in [-0.2, 0) is 26.2 Å². The zero-order valence-corrected chi connectivity index (χ0v) is 26.1. The van der Waals surface area contributed by atoms with Gasteiger partial charge in [-0.15, -0.1) is 0 Å². The maximum Gasteiger partial charge on any atom is 0.264 e. The fourth-order valence-corrected chi connectivity index (χ4v) is 6.12. The normalized spacial score (nSPS) is 12.0. The van der Waals surface area contributed by atoms with Gasteiger partial charge >= 0.3 is 0 Å². The molecule has 3 aromatic carbocycles. The molecule has 0 radical (unpaired) electrons. The minimum Gasteiger partial charge on any atom is -0.354 e. The smallest absolute Gasteiger partial charge is 0.264 e. The number of carbonyl (C=O) groups excluding carboxylic acids is 2. The Morgan fingerprint density at radius 2 is 1.63 bits per heavy atom. The van der Waals surface area contributed by atoms with Crippen molar-refractivity contribution in [2.45, 2.75) is 71.4 Å². The van der Waals surface area contributed by atoms with Crippen LogP contribution in [0.2, 0.25) is 5.02 Å². The summed E-state index contributed by atoms with van der Waals surface area (Å²) in [6.07, 6.45) is 2.12. The molecule has 0 unspecified atom stereocenters. The van der Waals surface area contributed by atoms with Gasteiger partial charge in [0.2, 0.25) is 11.8 Å². The monoisotopic (exact) mass is 597 g/mol. The van der Waals surface area contributed by atoms with Crippen LogP contribution in [0, 0.1) is 20.8 Å². The molecule has 9 heteroatoms. The second-order valence-corrected chi connectivity index (χ2v) is 12.6. The van der Waals surface area contributed by atoms with E-state index in [4.69, 9.17) is 11.6 Å². The van der Waals surface area contributed by atoms with Crippen LogP contribution in [0.25, 0.3) is 0 Å². The Hall–Kier alpha value is -3.36. The number of nitrogens with one attached hydrogen (secondary N) is 1.